The molecule has 0 saturated carbocycles. The molecule has 0 aliphatic carbocycles. The lowest BCUT2D eigenvalue weighted by Crippen LogP contribution is -1.93. The average molecular weight is 232 g/mol. The Morgan fingerprint density at radius 2 is 1.81 bits per heavy atom. The van der Waals surface area contributed by atoms with Gasteiger partial charge in [0, 0.05) is 16.3 Å². The molecular formula is C14H14ClN. The van der Waals surface area contributed by atoms with Gasteiger partial charge in [0.05, 0.1) is 5.69 Å². The molecule has 1 nitrogen and oxygen atoms in total. The van der Waals surface area contributed by atoms with E-state index in [2.05, 4.69) is 24.9 Å². The molecule has 2 rings (SSSR count). The smallest absolute Gasteiger partial charge is 0.0705 e. The Morgan fingerprint density at radius 1 is 1.06 bits per heavy atom. The highest BCUT2D eigenvalue weighted by atomic mass is 35.5. The molecule has 1 aromatic heterocycles. The van der Waals surface area contributed by atoms with E-state index in [1.807, 2.05) is 36.4 Å². The van der Waals surface area contributed by atoms with Crippen LogP contribution in [-0.2, 0) is 0 Å². The van der Waals surface area contributed by atoms with Gasteiger partial charge < -0.3 is 0 Å². The van der Waals surface area contributed by atoms with Crippen LogP contribution in [0.4, 0.5) is 0 Å². The van der Waals surface area contributed by atoms with Crippen molar-refractivity contribution in [2.24, 2.45) is 0 Å². The minimum Gasteiger partial charge on any atom is -0.253 e. The van der Waals surface area contributed by atoms with E-state index in [4.69, 9.17) is 11.6 Å². The van der Waals surface area contributed by atoms with Gasteiger partial charge in [-0.3, -0.25) is 4.98 Å². The van der Waals surface area contributed by atoms with E-state index in [-0.39, 0.29) is 0 Å². The van der Waals surface area contributed by atoms with Crippen LogP contribution in [0.25, 0.3) is 11.3 Å². The summed E-state index contributed by atoms with van der Waals surface area (Å²) in [5.41, 5.74) is 3.15. The van der Waals surface area contributed by atoms with Crippen molar-refractivity contribution in [1.29, 1.82) is 0 Å². The molecule has 1 aromatic carbocycles. The molecule has 0 aliphatic rings. The fourth-order valence-corrected chi connectivity index (χ4v) is 1.77. The highest BCUT2D eigenvalue weighted by molar-refractivity contribution is 6.30. The van der Waals surface area contributed by atoms with Gasteiger partial charge >= 0.3 is 0 Å². The number of benzene rings is 1. The number of hydrogen-bond acceptors (Lipinski definition) is 1. The Bertz CT molecular complexity index is 492. The molecule has 0 radical (unpaired) electrons. The second kappa shape index (κ2) is 4.67. The van der Waals surface area contributed by atoms with Crippen molar-refractivity contribution in [3.8, 4) is 11.3 Å². The molecule has 0 saturated heterocycles. The monoisotopic (exact) mass is 231 g/mol. The minimum atomic E-state index is 0.444. The van der Waals surface area contributed by atoms with Crippen molar-refractivity contribution in [2.75, 3.05) is 0 Å². The summed E-state index contributed by atoms with van der Waals surface area (Å²) in [6.07, 6.45) is 0. The molecule has 0 amide bonds. The van der Waals surface area contributed by atoms with Crippen LogP contribution in [0.3, 0.4) is 0 Å². The fraction of sp³-hybridized carbons (Fsp3) is 0.214. The third-order valence-electron chi connectivity index (χ3n) is 2.48. The normalized spacial score (nSPS) is 10.8. The number of hydrogen-bond donors (Lipinski definition) is 0. The predicted octanol–water partition coefficient (Wildman–Crippen LogP) is 4.53. The number of rotatable bonds is 2. The van der Waals surface area contributed by atoms with Crippen molar-refractivity contribution in [3.05, 3.63) is 53.2 Å². The van der Waals surface area contributed by atoms with Gasteiger partial charge in [-0.25, -0.2) is 0 Å². The molecule has 0 atom stereocenters. The molecule has 16 heavy (non-hydrogen) atoms. The first-order valence-electron chi connectivity index (χ1n) is 5.39. The van der Waals surface area contributed by atoms with Gasteiger partial charge in [-0.05, 0) is 30.2 Å². The Balaban J connectivity index is 2.44. The number of nitrogens with zero attached hydrogens (tertiary/aromatic N) is 1. The molecule has 0 bridgehead atoms. The molecule has 2 heteroatoms. The van der Waals surface area contributed by atoms with Crippen LogP contribution in [0.5, 0.6) is 0 Å². The van der Waals surface area contributed by atoms with Gasteiger partial charge in [-0.15, -0.1) is 0 Å². The first kappa shape index (κ1) is 11.2. The van der Waals surface area contributed by atoms with E-state index in [1.54, 1.807) is 0 Å². The fourth-order valence-electron chi connectivity index (χ4n) is 1.58. The van der Waals surface area contributed by atoms with Crippen LogP contribution in [0.1, 0.15) is 25.5 Å². The zero-order valence-corrected chi connectivity index (χ0v) is 10.2. The lowest BCUT2D eigenvalue weighted by atomic mass is 10.1. The van der Waals surface area contributed by atoms with Crippen LogP contribution >= 0.6 is 11.6 Å². The number of halogens is 1. The lowest BCUT2D eigenvalue weighted by Gasteiger charge is -2.07. The standard InChI is InChI=1S/C14H14ClN/c1-10(2)13-7-4-8-14(16-13)11-5-3-6-12(15)9-11/h3-10H,1-2H3. The summed E-state index contributed by atoms with van der Waals surface area (Å²) in [6.45, 7) is 4.29. The first-order valence-corrected chi connectivity index (χ1v) is 5.77. The summed E-state index contributed by atoms with van der Waals surface area (Å²) >= 11 is 5.97. The molecule has 1 heterocycles. The van der Waals surface area contributed by atoms with Crippen LogP contribution in [0, 0.1) is 0 Å². The van der Waals surface area contributed by atoms with Gasteiger partial charge in [-0.1, -0.05) is 43.6 Å². The summed E-state index contributed by atoms with van der Waals surface area (Å²) < 4.78 is 0. The zero-order chi connectivity index (χ0) is 11.5. The molecule has 0 fully saturated rings. The van der Waals surface area contributed by atoms with E-state index in [1.165, 1.54) is 0 Å². The molecule has 0 aliphatic heterocycles. The summed E-state index contributed by atoms with van der Waals surface area (Å²) in [7, 11) is 0. The lowest BCUT2D eigenvalue weighted by molar-refractivity contribution is 0.824. The van der Waals surface area contributed by atoms with Gasteiger partial charge in [-0.2, -0.15) is 0 Å². The highest BCUT2D eigenvalue weighted by Crippen LogP contribution is 2.22. The second-order valence-corrected chi connectivity index (χ2v) is 4.55. The third-order valence-corrected chi connectivity index (χ3v) is 2.72. The van der Waals surface area contributed by atoms with Crippen molar-refractivity contribution < 1.29 is 0 Å². The number of pyridine rings is 1. The Kier molecular flexibility index (Phi) is 3.25. The van der Waals surface area contributed by atoms with E-state index in [0.717, 1.165) is 22.0 Å². The van der Waals surface area contributed by atoms with Crippen molar-refractivity contribution in [3.63, 3.8) is 0 Å². The molecule has 0 spiro atoms. The van der Waals surface area contributed by atoms with Crippen LogP contribution in [0.2, 0.25) is 5.02 Å². The minimum absolute atomic E-state index is 0.444. The zero-order valence-electron chi connectivity index (χ0n) is 9.44. The van der Waals surface area contributed by atoms with Gasteiger partial charge in [0.1, 0.15) is 0 Å². The maximum atomic E-state index is 5.97. The van der Waals surface area contributed by atoms with Crippen LogP contribution in [0.15, 0.2) is 42.5 Å². The van der Waals surface area contributed by atoms with Gasteiger partial charge in [0.25, 0.3) is 0 Å². The molecule has 0 unspecified atom stereocenters. The van der Waals surface area contributed by atoms with Crippen molar-refractivity contribution >= 4 is 11.6 Å². The maximum absolute atomic E-state index is 5.97. The van der Waals surface area contributed by atoms with Crippen molar-refractivity contribution in [1.82, 2.24) is 4.98 Å². The Labute approximate surface area is 101 Å². The largest absolute Gasteiger partial charge is 0.253 e. The Morgan fingerprint density at radius 3 is 2.50 bits per heavy atom. The molecule has 0 N–H and O–H groups in total. The molecule has 2 aromatic rings. The Hall–Kier alpha value is -1.34. The number of aromatic nitrogens is 1. The van der Waals surface area contributed by atoms with Gasteiger partial charge in [0.2, 0.25) is 0 Å². The third kappa shape index (κ3) is 2.42. The first-order chi connectivity index (χ1) is 7.66. The van der Waals surface area contributed by atoms with E-state index < -0.39 is 0 Å². The SMILES string of the molecule is CC(C)c1cccc(-c2cccc(Cl)c2)n1. The van der Waals surface area contributed by atoms with E-state index in [0.29, 0.717) is 5.92 Å². The summed E-state index contributed by atoms with van der Waals surface area (Å²) in [5, 5.41) is 0.745. The van der Waals surface area contributed by atoms with E-state index >= 15 is 0 Å². The maximum Gasteiger partial charge on any atom is 0.0705 e. The summed E-state index contributed by atoms with van der Waals surface area (Å²) in [4.78, 5) is 4.62. The highest BCUT2D eigenvalue weighted by Gasteiger charge is 2.04. The topological polar surface area (TPSA) is 12.9 Å². The average Bonchev–Trinajstić information content (AvgIpc) is 2.29. The predicted molar refractivity (Wildman–Crippen MR) is 68.8 cm³/mol. The molecule has 82 valence electrons. The van der Waals surface area contributed by atoms with Crippen molar-refractivity contribution in [2.45, 2.75) is 19.8 Å². The van der Waals surface area contributed by atoms with Gasteiger partial charge in [0.15, 0.2) is 0 Å². The summed E-state index contributed by atoms with van der Waals surface area (Å²) in [5.74, 6) is 0.444. The quantitative estimate of drug-likeness (QED) is 0.740. The second-order valence-electron chi connectivity index (χ2n) is 4.11. The molecular weight excluding hydrogens is 218 g/mol. The van der Waals surface area contributed by atoms with Crippen LogP contribution in [-0.4, -0.2) is 4.98 Å². The van der Waals surface area contributed by atoms with Crippen LogP contribution < -0.4 is 0 Å². The summed E-state index contributed by atoms with van der Waals surface area (Å²) in [6, 6.07) is 13.9. The van der Waals surface area contributed by atoms with E-state index in [9.17, 15) is 0 Å².